The standard InChI is InChI=1S/C7H13NO2.ClH/c1-7(9)10-6-5-8(2,3)4;/h5-6H,2H2,1,3-4H3;1H. The molecule has 66 valence electrons. The zero-order valence-electron chi connectivity index (χ0n) is 7.03. The van der Waals surface area contributed by atoms with Gasteiger partial charge in [-0.3, -0.25) is 4.79 Å². The number of quaternary nitrogens is 1. The van der Waals surface area contributed by atoms with Crippen molar-refractivity contribution in [2.75, 3.05) is 14.1 Å². The van der Waals surface area contributed by atoms with Gasteiger partial charge < -0.3 is 9.22 Å². The number of ether oxygens (including phenoxy) is 1. The summed E-state index contributed by atoms with van der Waals surface area (Å²) in [5, 5.41) is 0. The summed E-state index contributed by atoms with van der Waals surface area (Å²) in [4.78, 5) is 10.2. The van der Waals surface area contributed by atoms with Gasteiger partial charge in [-0.1, -0.05) is 0 Å². The molecule has 0 aliphatic heterocycles. The van der Waals surface area contributed by atoms with Crippen LogP contribution in [-0.2, 0) is 9.53 Å². The van der Waals surface area contributed by atoms with Crippen LogP contribution < -0.4 is 0 Å². The first kappa shape index (κ1) is 13.1. The van der Waals surface area contributed by atoms with Gasteiger partial charge in [0.1, 0.15) is 12.5 Å². The second kappa shape index (κ2) is 5.16. The predicted molar refractivity (Wildman–Crippen MR) is 45.6 cm³/mol. The predicted octanol–water partition coefficient (Wildman–Crippen LogP) is 1.31. The van der Waals surface area contributed by atoms with E-state index in [9.17, 15) is 4.79 Å². The first-order chi connectivity index (χ1) is 4.42. The van der Waals surface area contributed by atoms with Crippen LogP contribution in [0, 0.1) is 7.05 Å². The maximum atomic E-state index is 10.2. The molecule has 0 heterocycles. The molecule has 0 aliphatic carbocycles. The number of esters is 1. The van der Waals surface area contributed by atoms with E-state index in [0.717, 1.165) is 0 Å². The summed E-state index contributed by atoms with van der Waals surface area (Å²) in [5.41, 5.74) is 0. The van der Waals surface area contributed by atoms with Crippen LogP contribution in [0.3, 0.4) is 0 Å². The molecule has 3 nitrogen and oxygen atoms in total. The molecule has 4 heteroatoms. The van der Waals surface area contributed by atoms with Gasteiger partial charge in [0, 0.05) is 21.0 Å². The van der Waals surface area contributed by atoms with Crippen LogP contribution in [0.4, 0.5) is 0 Å². The maximum absolute atomic E-state index is 10.2. The van der Waals surface area contributed by atoms with Crippen molar-refractivity contribution in [3.8, 4) is 0 Å². The topological polar surface area (TPSA) is 26.3 Å². The average molecular weight is 180 g/mol. The molecule has 11 heavy (non-hydrogen) atoms. The molecular formula is C7H14ClNO2. The molecule has 0 fully saturated rings. The number of hydrogen-bond donors (Lipinski definition) is 0. The highest BCUT2D eigenvalue weighted by Crippen LogP contribution is 1.93. The van der Waals surface area contributed by atoms with Gasteiger partial charge >= 0.3 is 5.97 Å². The summed E-state index contributed by atoms with van der Waals surface area (Å²) >= 11 is 0. The van der Waals surface area contributed by atoms with Gasteiger partial charge in [-0.15, -0.1) is 19.5 Å². The van der Waals surface area contributed by atoms with Crippen molar-refractivity contribution < 1.29 is 14.0 Å². The van der Waals surface area contributed by atoms with Crippen molar-refractivity contribution >= 4 is 18.4 Å². The minimum Gasteiger partial charge on any atom is -0.432 e. The third-order valence-corrected chi connectivity index (χ3v) is 0.698. The van der Waals surface area contributed by atoms with Gasteiger partial charge in [-0.25, -0.2) is 0 Å². The van der Waals surface area contributed by atoms with E-state index in [4.69, 9.17) is 0 Å². The summed E-state index contributed by atoms with van der Waals surface area (Å²) in [7, 11) is 7.45. The largest absolute Gasteiger partial charge is 0.432 e. The Morgan fingerprint density at radius 2 is 2.00 bits per heavy atom. The molecule has 0 atom stereocenters. The number of hydrogen-bond acceptors (Lipinski definition) is 2. The van der Waals surface area contributed by atoms with Gasteiger partial charge in [0.25, 0.3) is 0 Å². The van der Waals surface area contributed by atoms with E-state index < -0.39 is 0 Å². The summed E-state index contributed by atoms with van der Waals surface area (Å²) in [6, 6.07) is 0. The average Bonchev–Trinajstić information content (AvgIpc) is 1.59. The Balaban J connectivity index is 0. The maximum Gasteiger partial charge on any atom is 0.307 e. The van der Waals surface area contributed by atoms with Crippen LogP contribution in [0.5, 0.6) is 0 Å². The number of halogens is 1. The van der Waals surface area contributed by atoms with Crippen molar-refractivity contribution in [1.82, 2.24) is 0 Å². The molecule has 0 aliphatic rings. The van der Waals surface area contributed by atoms with Crippen molar-refractivity contribution in [2.45, 2.75) is 6.92 Å². The fourth-order valence-corrected chi connectivity index (χ4v) is 0.291. The Kier molecular flexibility index (Phi) is 6.13. The van der Waals surface area contributed by atoms with Crippen LogP contribution in [0.2, 0.25) is 0 Å². The van der Waals surface area contributed by atoms with Crippen LogP contribution in [0.1, 0.15) is 6.92 Å². The van der Waals surface area contributed by atoms with Gasteiger partial charge in [0.05, 0.1) is 0 Å². The van der Waals surface area contributed by atoms with Gasteiger partial charge in [0.2, 0.25) is 0 Å². The number of carbonyl (C=O) groups is 1. The Hall–Kier alpha value is -0.540. The molecule has 0 saturated carbocycles. The lowest BCUT2D eigenvalue weighted by Gasteiger charge is -2.26. The van der Waals surface area contributed by atoms with Gasteiger partial charge in [-0.2, -0.15) is 0 Å². The lowest BCUT2D eigenvalue weighted by Crippen LogP contribution is -2.23. The summed E-state index contributed by atoms with van der Waals surface area (Å²) in [5.74, 6) is -0.315. The zero-order valence-corrected chi connectivity index (χ0v) is 7.85. The number of rotatable bonds is 2. The molecule has 0 aromatic rings. The van der Waals surface area contributed by atoms with Gasteiger partial charge in [0.15, 0.2) is 0 Å². The molecule has 0 N–H and O–H groups in total. The van der Waals surface area contributed by atoms with E-state index in [1.165, 1.54) is 13.2 Å². The quantitative estimate of drug-likeness (QED) is 0.277. The van der Waals surface area contributed by atoms with Gasteiger partial charge in [-0.05, 0) is 0 Å². The molecule has 0 aromatic carbocycles. The highest BCUT2D eigenvalue weighted by molar-refractivity contribution is 5.85. The molecule has 0 aromatic heterocycles. The number of nitrogens with zero attached hydrogens (tertiary/aromatic N) is 1. The molecule has 0 unspecified atom stereocenters. The molecule has 0 amide bonds. The first-order valence-corrected chi connectivity index (χ1v) is 2.95. The van der Waals surface area contributed by atoms with Crippen molar-refractivity contribution in [3.63, 3.8) is 0 Å². The Bertz CT molecular complexity index is 149. The molecule has 0 saturated heterocycles. The number of carbonyl (C=O) groups excluding carboxylic acids is 1. The minimum absolute atomic E-state index is 0. The van der Waals surface area contributed by atoms with Crippen molar-refractivity contribution in [2.24, 2.45) is 0 Å². The fourth-order valence-electron chi connectivity index (χ4n) is 0.291. The highest BCUT2D eigenvalue weighted by Gasteiger charge is 1.92. The van der Waals surface area contributed by atoms with E-state index in [-0.39, 0.29) is 18.4 Å². The third-order valence-electron chi connectivity index (χ3n) is 0.698. The molecular weight excluding hydrogens is 166 g/mol. The zero-order chi connectivity index (χ0) is 8.20. The monoisotopic (exact) mass is 179 g/mol. The van der Waals surface area contributed by atoms with Crippen molar-refractivity contribution in [1.29, 1.82) is 0 Å². The van der Waals surface area contributed by atoms with E-state index in [2.05, 4.69) is 11.8 Å². The molecule has 0 spiro atoms. The minimum atomic E-state index is -0.315. The first-order valence-electron chi connectivity index (χ1n) is 2.95. The summed E-state index contributed by atoms with van der Waals surface area (Å²) in [6.07, 6.45) is 3.01. The van der Waals surface area contributed by atoms with E-state index in [0.29, 0.717) is 4.48 Å². The molecule has 0 bridgehead atoms. The second-order valence-corrected chi connectivity index (χ2v) is 2.67. The Labute approximate surface area is 73.6 Å². The normalized spacial score (nSPS) is 10.9. The molecule has 0 rings (SSSR count). The SMILES string of the molecule is Cl.[CH2-][N+](C)(C)C=COC(C)=O. The third kappa shape index (κ3) is 12.6. The van der Waals surface area contributed by atoms with E-state index >= 15 is 0 Å². The van der Waals surface area contributed by atoms with Crippen LogP contribution in [0.25, 0.3) is 0 Å². The fraction of sp³-hybridized carbons (Fsp3) is 0.429. The van der Waals surface area contributed by atoms with E-state index in [1.807, 2.05) is 14.1 Å². The van der Waals surface area contributed by atoms with Crippen LogP contribution >= 0.6 is 12.4 Å². The van der Waals surface area contributed by atoms with E-state index in [1.54, 1.807) is 6.20 Å². The van der Waals surface area contributed by atoms with Crippen LogP contribution in [-0.4, -0.2) is 24.5 Å². The highest BCUT2D eigenvalue weighted by atomic mass is 35.5. The Morgan fingerprint density at radius 3 is 2.27 bits per heavy atom. The lowest BCUT2D eigenvalue weighted by atomic mass is 10.7. The summed E-state index contributed by atoms with van der Waals surface area (Å²) in [6.45, 7) is 1.35. The summed E-state index contributed by atoms with van der Waals surface area (Å²) < 4.78 is 4.94. The second-order valence-electron chi connectivity index (χ2n) is 2.67. The smallest absolute Gasteiger partial charge is 0.307 e. The lowest BCUT2D eigenvalue weighted by molar-refractivity contribution is -0.791. The van der Waals surface area contributed by atoms with Crippen molar-refractivity contribution in [3.05, 3.63) is 19.5 Å². The van der Waals surface area contributed by atoms with Crippen LogP contribution in [0.15, 0.2) is 12.5 Å². The molecule has 0 radical (unpaired) electrons. The Morgan fingerprint density at radius 1 is 1.55 bits per heavy atom.